The number of carboxylic acid groups (broad SMARTS) is 1. The number of nitrogens with one attached hydrogen (secondary N) is 2. The van der Waals surface area contributed by atoms with E-state index in [1.165, 1.54) is 4.68 Å². The van der Waals surface area contributed by atoms with Crippen LogP contribution in [0.1, 0.15) is 11.1 Å². The highest BCUT2D eigenvalue weighted by molar-refractivity contribution is 5.84. The lowest BCUT2D eigenvalue weighted by molar-refractivity contribution is -0.139. The zero-order chi connectivity index (χ0) is 23.3. The summed E-state index contributed by atoms with van der Waals surface area (Å²) in [5, 5.41) is 25.5. The number of ether oxygens (including phenoxy) is 1. The van der Waals surface area contributed by atoms with E-state index in [0.29, 0.717) is 18.7 Å². The second-order valence-corrected chi connectivity index (χ2v) is 7.79. The second-order valence-electron chi connectivity index (χ2n) is 7.79. The van der Waals surface area contributed by atoms with Crippen molar-refractivity contribution in [3.8, 4) is 17.4 Å². The van der Waals surface area contributed by atoms with Gasteiger partial charge in [0.2, 0.25) is 0 Å². The Morgan fingerprint density at radius 1 is 1.03 bits per heavy atom. The van der Waals surface area contributed by atoms with Crippen molar-refractivity contribution in [2.45, 2.75) is 19.0 Å². The van der Waals surface area contributed by atoms with Crippen molar-refractivity contribution in [1.29, 1.82) is 0 Å². The molecular weight excluding hydrogens is 432 g/mol. The third-order valence-corrected chi connectivity index (χ3v) is 5.52. The van der Waals surface area contributed by atoms with Crippen LogP contribution in [0.15, 0.2) is 85.1 Å². The van der Waals surface area contributed by atoms with Gasteiger partial charge in [-0.15, -0.1) is 0 Å². The number of aromatic nitrogens is 5. The van der Waals surface area contributed by atoms with Gasteiger partial charge in [-0.25, -0.2) is 0 Å². The van der Waals surface area contributed by atoms with Gasteiger partial charge >= 0.3 is 12.0 Å². The number of carbonyl (C=O) groups is 1. The Labute approximate surface area is 195 Å². The van der Waals surface area contributed by atoms with Gasteiger partial charge in [-0.2, -0.15) is 4.68 Å². The molecule has 5 rings (SSSR count). The molecule has 0 bridgehead atoms. The van der Waals surface area contributed by atoms with Crippen LogP contribution in [0.2, 0.25) is 0 Å². The molecule has 5 aromatic rings. The fourth-order valence-electron chi connectivity index (χ4n) is 3.76. The first-order valence-corrected chi connectivity index (χ1v) is 10.8. The summed E-state index contributed by atoms with van der Waals surface area (Å²) in [6.45, 7) is 0.404. The molecule has 0 fully saturated rings. The highest BCUT2D eigenvalue weighted by Crippen LogP contribution is 2.22. The molecule has 0 radical (unpaired) electrons. The molecule has 2 aromatic heterocycles. The van der Waals surface area contributed by atoms with Crippen LogP contribution in [0.25, 0.3) is 16.6 Å². The van der Waals surface area contributed by atoms with E-state index in [-0.39, 0.29) is 6.01 Å². The van der Waals surface area contributed by atoms with Gasteiger partial charge in [0, 0.05) is 30.1 Å². The fourth-order valence-corrected chi connectivity index (χ4v) is 3.76. The lowest BCUT2D eigenvalue weighted by atomic mass is 10.0. The summed E-state index contributed by atoms with van der Waals surface area (Å²) < 4.78 is 7.35. The van der Waals surface area contributed by atoms with E-state index < -0.39 is 12.0 Å². The molecule has 0 saturated heterocycles. The number of tetrazole rings is 1. The maximum atomic E-state index is 11.8. The molecule has 3 N–H and O–H groups in total. The third kappa shape index (κ3) is 4.64. The molecule has 9 nitrogen and oxygen atoms in total. The summed E-state index contributed by atoms with van der Waals surface area (Å²) in [4.78, 5) is 15.0. The van der Waals surface area contributed by atoms with Gasteiger partial charge in [0.05, 0.1) is 5.69 Å². The van der Waals surface area contributed by atoms with Crippen LogP contribution in [0.5, 0.6) is 11.8 Å². The minimum atomic E-state index is -0.891. The molecule has 1 unspecified atom stereocenters. The summed E-state index contributed by atoms with van der Waals surface area (Å²) in [6, 6.07) is 24.2. The number of H-pyrrole nitrogens is 1. The average Bonchev–Trinajstić information content (AvgIpc) is 3.50. The Hall–Kier alpha value is -4.50. The number of fused-ring (bicyclic) bond motifs is 1. The summed E-state index contributed by atoms with van der Waals surface area (Å²) in [5.74, 6) is -0.317. The number of aromatic amines is 1. The van der Waals surface area contributed by atoms with Crippen molar-refractivity contribution in [2.24, 2.45) is 0 Å². The highest BCUT2D eigenvalue weighted by atomic mass is 16.5. The molecule has 34 heavy (non-hydrogen) atoms. The van der Waals surface area contributed by atoms with Gasteiger partial charge in [0.25, 0.3) is 0 Å². The molecular formula is C25H22N6O3. The monoisotopic (exact) mass is 454 g/mol. The van der Waals surface area contributed by atoms with E-state index in [1.54, 1.807) is 12.1 Å². The molecule has 0 aliphatic heterocycles. The Morgan fingerprint density at radius 3 is 2.59 bits per heavy atom. The van der Waals surface area contributed by atoms with E-state index in [9.17, 15) is 9.90 Å². The topological polar surface area (TPSA) is 118 Å². The Balaban J connectivity index is 1.23. The third-order valence-electron chi connectivity index (χ3n) is 5.52. The van der Waals surface area contributed by atoms with Crippen molar-refractivity contribution in [3.05, 3.63) is 96.2 Å². The maximum absolute atomic E-state index is 11.8. The van der Waals surface area contributed by atoms with Crippen LogP contribution >= 0.6 is 0 Å². The van der Waals surface area contributed by atoms with Crippen molar-refractivity contribution >= 4 is 16.9 Å². The number of nitrogens with zero attached hydrogens (tertiary/aromatic N) is 4. The second kappa shape index (κ2) is 9.55. The predicted molar refractivity (Wildman–Crippen MR) is 126 cm³/mol. The SMILES string of the molecule is O=C(O)C(Cc1c[nH]c2ccccc12)NCc1ccc(Oc2nnnn2-c2ccccc2)cc1. The molecule has 0 aliphatic rings. The van der Waals surface area contributed by atoms with Crippen LogP contribution in [-0.4, -0.2) is 42.3 Å². The number of aliphatic carboxylic acids is 1. The molecule has 170 valence electrons. The van der Waals surface area contributed by atoms with E-state index >= 15 is 0 Å². The number of hydrogen-bond donors (Lipinski definition) is 3. The maximum Gasteiger partial charge on any atom is 0.345 e. The minimum Gasteiger partial charge on any atom is -0.480 e. The molecule has 1 atom stereocenters. The van der Waals surface area contributed by atoms with E-state index in [2.05, 4.69) is 25.8 Å². The largest absolute Gasteiger partial charge is 0.480 e. The van der Waals surface area contributed by atoms with Gasteiger partial charge in [-0.1, -0.05) is 53.6 Å². The van der Waals surface area contributed by atoms with Gasteiger partial charge in [0.15, 0.2) is 0 Å². The standard InChI is InChI=1S/C25H22N6O3/c32-24(33)23(14-18-16-27-22-9-5-4-8-21(18)22)26-15-17-10-12-20(13-11-17)34-25-28-29-30-31(25)19-6-2-1-3-7-19/h1-13,16,23,26-27H,14-15H2,(H,32,33). The molecule has 3 aromatic carbocycles. The molecule has 0 aliphatic carbocycles. The summed E-state index contributed by atoms with van der Waals surface area (Å²) in [5.41, 5.74) is 3.68. The Kier molecular flexibility index (Phi) is 6.00. The average molecular weight is 454 g/mol. The number of carboxylic acids is 1. The molecule has 0 saturated carbocycles. The van der Waals surface area contributed by atoms with E-state index in [4.69, 9.17) is 4.74 Å². The first kappa shape index (κ1) is 21.4. The smallest absolute Gasteiger partial charge is 0.345 e. The Bertz CT molecular complexity index is 1400. The Morgan fingerprint density at radius 2 is 1.79 bits per heavy atom. The van der Waals surface area contributed by atoms with Crippen molar-refractivity contribution in [1.82, 2.24) is 30.5 Å². The lowest BCUT2D eigenvalue weighted by Crippen LogP contribution is -2.38. The summed E-state index contributed by atoms with van der Waals surface area (Å²) >= 11 is 0. The highest BCUT2D eigenvalue weighted by Gasteiger charge is 2.19. The van der Waals surface area contributed by atoms with Crippen molar-refractivity contribution in [2.75, 3.05) is 0 Å². The van der Waals surface area contributed by atoms with Gasteiger partial charge < -0.3 is 20.1 Å². The van der Waals surface area contributed by atoms with Crippen LogP contribution in [0.3, 0.4) is 0 Å². The first-order valence-electron chi connectivity index (χ1n) is 10.8. The van der Waals surface area contributed by atoms with Crippen molar-refractivity contribution < 1.29 is 14.6 Å². The normalized spacial score (nSPS) is 12.0. The van der Waals surface area contributed by atoms with E-state index in [1.807, 2.05) is 72.9 Å². The molecule has 0 amide bonds. The predicted octanol–water partition coefficient (Wildman–Crippen LogP) is 3.72. The first-order chi connectivity index (χ1) is 16.7. The zero-order valence-electron chi connectivity index (χ0n) is 18.1. The van der Waals surface area contributed by atoms with E-state index in [0.717, 1.165) is 27.7 Å². The molecule has 0 spiro atoms. The number of rotatable bonds is 9. The van der Waals surface area contributed by atoms with Crippen LogP contribution in [0, 0.1) is 0 Å². The van der Waals surface area contributed by atoms with Crippen LogP contribution in [-0.2, 0) is 17.8 Å². The zero-order valence-corrected chi connectivity index (χ0v) is 18.1. The lowest BCUT2D eigenvalue weighted by Gasteiger charge is -2.14. The van der Waals surface area contributed by atoms with Crippen LogP contribution < -0.4 is 10.1 Å². The molecule has 2 heterocycles. The van der Waals surface area contributed by atoms with Crippen molar-refractivity contribution in [3.63, 3.8) is 0 Å². The fraction of sp³-hybridized carbons (Fsp3) is 0.120. The summed E-state index contributed by atoms with van der Waals surface area (Å²) in [7, 11) is 0. The number of hydrogen-bond acceptors (Lipinski definition) is 6. The molecule has 9 heteroatoms. The van der Waals surface area contributed by atoms with Gasteiger partial charge in [-0.3, -0.25) is 4.79 Å². The summed E-state index contributed by atoms with van der Waals surface area (Å²) in [6.07, 6.45) is 2.25. The van der Waals surface area contributed by atoms with Gasteiger partial charge in [-0.05, 0) is 51.9 Å². The van der Waals surface area contributed by atoms with Crippen LogP contribution in [0.4, 0.5) is 0 Å². The van der Waals surface area contributed by atoms with Gasteiger partial charge in [0.1, 0.15) is 11.8 Å². The number of para-hydroxylation sites is 2. The quantitative estimate of drug-likeness (QED) is 0.311. The minimum absolute atomic E-state index is 0.252. The number of benzene rings is 3.